The summed E-state index contributed by atoms with van der Waals surface area (Å²) in [7, 11) is 1.65. The van der Waals surface area contributed by atoms with Crippen molar-refractivity contribution in [2.24, 2.45) is 0 Å². The molecule has 0 bridgehead atoms. The average molecular weight is 449 g/mol. The van der Waals surface area contributed by atoms with Crippen LogP contribution in [0.2, 0.25) is 0 Å². The Hall–Kier alpha value is -4.26. The molecule has 168 valence electrons. The van der Waals surface area contributed by atoms with E-state index in [-0.39, 0.29) is 5.41 Å². The van der Waals surface area contributed by atoms with E-state index in [9.17, 15) is 0 Å². The van der Waals surface area contributed by atoms with E-state index in [4.69, 9.17) is 9.72 Å². The van der Waals surface area contributed by atoms with Gasteiger partial charge in [0.2, 0.25) is 0 Å². The van der Waals surface area contributed by atoms with Crippen molar-refractivity contribution in [2.75, 3.05) is 7.11 Å². The second-order valence-corrected chi connectivity index (χ2v) is 8.79. The van der Waals surface area contributed by atoms with Crippen molar-refractivity contribution in [3.63, 3.8) is 0 Å². The largest absolute Gasteiger partial charge is 0.495 e. The molecule has 1 aromatic carbocycles. The molecule has 4 heterocycles. The molecule has 0 amide bonds. The topological polar surface area (TPSA) is 92.4 Å². The summed E-state index contributed by atoms with van der Waals surface area (Å²) < 4.78 is 5.35. The van der Waals surface area contributed by atoms with Gasteiger partial charge in [-0.25, -0.2) is 4.98 Å². The minimum absolute atomic E-state index is 0.318. The number of nitrogens with one attached hydrogen (secondary N) is 2. The highest BCUT2D eigenvalue weighted by Crippen LogP contribution is 2.39. The number of H-pyrrole nitrogens is 2. The van der Waals surface area contributed by atoms with Crippen molar-refractivity contribution in [2.45, 2.75) is 25.2 Å². The lowest BCUT2D eigenvalue weighted by Crippen LogP contribution is -2.25. The van der Waals surface area contributed by atoms with E-state index in [1.165, 1.54) is 0 Å². The summed E-state index contributed by atoms with van der Waals surface area (Å²) in [5, 5.41) is 8.78. The first kappa shape index (κ1) is 20.4. The van der Waals surface area contributed by atoms with E-state index >= 15 is 0 Å². The smallest absolute Gasteiger partial charge is 0.159 e. The van der Waals surface area contributed by atoms with Gasteiger partial charge in [-0.1, -0.05) is 24.3 Å². The highest BCUT2D eigenvalue weighted by Gasteiger charge is 2.36. The Kier molecular flexibility index (Phi) is 4.76. The van der Waals surface area contributed by atoms with Crippen LogP contribution in [0.3, 0.4) is 0 Å². The van der Waals surface area contributed by atoms with Gasteiger partial charge in [0.05, 0.1) is 35.6 Å². The van der Waals surface area contributed by atoms with Crippen LogP contribution in [0, 0.1) is 0 Å². The Labute approximate surface area is 197 Å². The van der Waals surface area contributed by atoms with Crippen molar-refractivity contribution < 1.29 is 4.74 Å². The lowest BCUT2D eigenvalue weighted by Gasteiger charge is -2.26. The van der Waals surface area contributed by atoms with Gasteiger partial charge in [0.25, 0.3) is 0 Å². The Morgan fingerprint density at radius 3 is 2.82 bits per heavy atom. The first-order chi connectivity index (χ1) is 16.7. The Balaban J connectivity index is 1.47. The molecule has 0 aliphatic heterocycles. The molecule has 7 nitrogen and oxygen atoms in total. The zero-order valence-corrected chi connectivity index (χ0v) is 19.0. The van der Waals surface area contributed by atoms with Crippen molar-refractivity contribution in [3.8, 4) is 28.4 Å². The molecule has 1 aliphatic carbocycles. The normalized spacial score (nSPS) is 17.5. The first-order valence-electron chi connectivity index (χ1n) is 11.3. The molecule has 0 fully saturated rings. The maximum absolute atomic E-state index is 5.35. The quantitative estimate of drug-likeness (QED) is 0.368. The number of nitrogens with zero attached hydrogens (tertiary/aromatic N) is 4. The summed E-state index contributed by atoms with van der Waals surface area (Å²) in [4.78, 5) is 17.6. The molecular weight excluding hydrogens is 424 g/mol. The summed E-state index contributed by atoms with van der Waals surface area (Å²) >= 11 is 0. The fraction of sp³-hybridized carbons (Fsp3) is 0.185. The van der Waals surface area contributed by atoms with Crippen molar-refractivity contribution >= 4 is 10.9 Å². The number of imidazole rings is 1. The van der Waals surface area contributed by atoms with Gasteiger partial charge in [0.1, 0.15) is 11.4 Å². The second kappa shape index (κ2) is 7.95. The van der Waals surface area contributed by atoms with E-state index in [1.54, 1.807) is 13.3 Å². The average Bonchev–Trinajstić information content (AvgIpc) is 3.47. The molecule has 34 heavy (non-hydrogen) atoms. The van der Waals surface area contributed by atoms with Crippen LogP contribution in [-0.2, 0) is 11.8 Å². The van der Waals surface area contributed by atoms with E-state index in [0.717, 1.165) is 69.2 Å². The summed E-state index contributed by atoms with van der Waals surface area (Å²) in [6, 6.07) is 14.3. The minimum Gasteiger partial charge on any atom is -0.495 e. The van der Waals surface area contributed by atoms with Gasteiger partial charge in [0, 0.05) is 35.5 Å². The number of allylic oxidation sites excluding steroid dienone is 2. The van der Waals surface area contributed by atoms with Gasteiger partial charge in [-0.15, -0.1) is 0 Å². The number of fused-ring (bicyclic) bond motifs is 2. The highest BCUT2D eigenvalue weighted by molar-refractivity contribution is 5.94. The SMILES string of the molecule is COc1cncc(-c2ccc3[nH]nc(-c4nc5c([nH]4)CC=CCC5(C)c4ccccn4)c3c2)c1. The summed E-state index contributed by atoms with van der Waals surface area (Å²) in [6.45, 7) is 2.21. The third-order valence-electron chi connectivity index (χ3n) is 6.62. The van der Waals surface area contributed by atoms with Gasteiger partial charge < -0.3 is 9.72 Å². The molecule has 2 N–H and O–H groups in total. The zero-order chi connectivity index (χ0) is 23.1. The molecule has 4 aromatic heterocycles. The number of ether oxygens (including phenoxy) is 1. The Bertz CT molecular complexity index is 1520. The van der Waals surface area contributed by atoms with Crippen molar-refractivity contribution in [1.82, 2.24) is 30.1 Å². The first-order valence-corrected chi connectivity index (χ1v) is 11.3. The second-order valence-electron chi connectivity index (χ2n) is 8.79. The standard InChI is InChI=1S/C27H24N6O/c1-27(23-8-4-6-12-29-23)11-5-3-7-22-25(27)31-26(30-22)24-20-14-17(9-10-21(20)32-33-24)18-13-19(34-2)16-28-15-18/h3-6,8-10,12-16H,7,11H2,1-2H3,(H,30,31)(H,32,33). The highest BCUT2D eigenvalue weighted by atomic mass is 16.5. The van der Waals surface area contributed by atoms with Gasteiger partial charge in [0.15, 0.2) is 5.82 Å². The molecule has 0 saturated carbocycles. The van der Waals surface area contributed by atoms with E-state index < -0.39 is 0 Å². The lowest BCUT2D eigenvalue weighted by atomic mass is 9.79. The van der Waals surface area contributed by atoms with Crippen LogP contribution in [0.4, 0.5) is 0 Å². The Morgan fingerprint density at radius 1 is 1.03 bits per heavy atom. The monoisotopic (exact) mass is 448 g/mol. The number of methoxy groups -OCH3 is 1. The number of rotatable bonds is 4. The van der Waals surface area contributed by atoms with Gasteiger partial charge >= 0.3 is 0 Å². The van der Waals surface area contributed by atoms with Crippen LogP contribution >= 0.6 is 0 Å². The summed E-state index contributed by atoms with van der Waals surface area (Å²) in [6.07, 6.45) is 11.5. The van der Waals surface area contributed by atoms with Gasteiger partial charge in [-0.2, -0.15) is 5.10 Å². The lowest BCUT2D eigenvalue weighted by molar-refractivity contribution is 0.413. The molecule has 0 spiro atoms. The van der Waals surface area contributed by atoms with Crippen LogP contribution in [0.25, 0.3) is 33.5 Å². The molecule has 1 atom stereocenters. The summed E-state index contributed by atoms with van der Waals surface area (Å²) in [5.41, 5.74) is 6.59. The Morgan fingerprint density at radius 2 is 1.97 bits per heavy atom. The van der Waals surface area contributed by atoms with Crippen molar-refractivity contribution in [1.29, 1.82) is 0 Å². The molecule has 1 unspecified atom stereocenters. The minimum atomic E-state index is -0.318. The fourth-order valence-electron chi connectivity index (χ4n) is 4.72. The molecule has 5 aromatic rings. The third-order valence-corrected chi connectivity index (χ3v) is 6.62. The predicted octanol–water partition coefficient (Wildman–Crippen LogP) is 5.23. The van der Waals surface area contributed by atoms with E-state index in [1.807, 2.05) is 36.7 Å². The molecule has 1 aliphatic rings. The number of aromatic nitrogens is 6. The number of aromatic amines is 2. The van der Waals surface area contributed by atoms with Gasteiger partial charge in [-0.05, 0) is 49.2 Å². The molecule has 7 heteroatoms. The van der Waals surface area contributed by atoms with Crippen LogP contribution in [0.5, 0.6) is 5.75 Å². The van der Waals surface area contributed by atoms with Crippen LogP contribution in [0.15, 0.2) is 73.2 Å². The molecule has 0 radical (unpaired) electrons. The predicted molar refractivity (Wildman–Crippen MR) is 132 cm³/mol. The maximum Gasteiger partial charge on any atom is 0.159 e. The zero-order valence-electron chi connectivity index (χ0n) is 19.0. The number of hydrogen-bond donors (Lipinski definition) is 2. The third kappa shape index (κ3) is 3.28. The van der Waals surface area contributed by atoms with E-state index in [0.29, 0.717) is 0 Å². The maximum atomic E-state index is 5.35. The number of pyridine rings is 2. The number of benzene rings is 1. The molecular formula is C27H24N6O. The molecule has 0 saturated heterocycles. The fourth-order valence-corrected chi connectivity index (χ4v) is 4.72. The van der Waals surface area contributed by atoms with Crippen LogP contribution in [0.1, 0.15) is 30.4 Å². The van der Waals surface area contributed by atoms with Gasteiger partial charge in [-0.3, -0.25) is 15.1 Å². The van der Waals surface area contributed by atoms with Crippen molar-refractivity contribution in [3.05, 3.63) is 90.3 Å². The van der Waals surface area contributed by atoms with E-state index in [2.05, 4.69) is 62.4 Å². The summed E-state index contributed by atoms with van der Waals surface area (Å²) in [5.74, 6) is 1.48. The molecule has 6 rings (SSSR count). The van der Waals surface area contributed by atoms with Crippen LogP contribution in [-0.4, -0.2) is 37.2 Å². The van der Waals surface area contributed by atoms with Crippen LogP contribution < -0.4 is 4.74 Å². The number of hydrogen-bond acceptors (Lipinski definition) is 5.